The van der Waals surface area contributed by atoms with Gasteiger partial charge in [-0.1, -0.05) is 30.3 Å². The second-order valence-electron chi connectivity index (χ2n) is 4.78. The summed E-state index contributed by atoms with van der Waals surface area (Å²) in [6, 6.07) is 12.9. The van der Waals surface area contributed by atoms with Gasteiger partial charge in [0.05, 0.1) is 0 Å². The molecule has 19 heavy (non-hydrogen) atoms. The Bertz CT molecular complexity index is 695. The van der Waals surface area contributed by atoms with E-state index in [0.717, 1.165) is 12.0 Å². The van der Waals surface area contributed by atoms with Crippen molar-refractivity contribution in [1.82, 2.24) is 4.98 Å². The summed E-state index contributed by atoms with van der Waals surface area (Å²) in [5.41, 5.74) is 4.75. The molecule has 1 N–H and O–H groups in total. The Balaban J connectivity index is 1.82. The lowest BCUT2D eigenvalue weighted by Gasteiger charge is -2.01. The molecular weight excluding hydrogens is 237 g/mol. The third kappa shape index (κ3) is 2.39. The van der Waals surface area contributed by atoms with Gasteiger partial charge in [-0.3, -0.25) is 0 Å². The first-order chi connectivity index (χ1) is 9.24. The van der Waals surface area contributed by atoms with Crippen LogP contribution in [0.4, 0.5) is 4.39 Å². The van der Waals surface area contributed by atoms with Crippen LogP contribution in [0.1, 0.15) is 16.7 Å². The molecule has 0 amide bonds. The number of hydrogen-bond donors (Lipinski definition) is 1. The molecule has 1 heterocycles. The van der Waals surface area contributed by atoms with E-state index in [9.17, 15) is 4.39 Å². The molecule has 0 unspecified atom stereocenters. The molecular formula is C17H15FN. The summed E-state index contributed by atoms with van der Waals surface area (Å²) in [6.07, 6.45) is 5.01. The summed E-state index contributed by atoms with van der Waals surface area (Å²) in [5, 5.41) is 1.24. The number of nitrogens with one attached hydrogen (secondary N) is 1. The molecule has 1 aromatic heterocycles. The van der Waals surface area contributed by atoms with Gasteiger partial charge in [0.1, 0.15) is 5.82 Å². The number of hydrogen-bond acceptors (Lipinski definition) is 0. The van der Waals surface area contributed by atoms with Gasteiger partial charge < -0.3 is 4.98 Å². The fourth-order valence-electron chi connectivity index (χ4n) is 2.34. The van der Waals surface area contributed by atoms with Crippen molar-refractivity contribution in [3.05, 3.63) is 77.6 Å². The molecule has 0 aliphatic rings. The van der Waals surface area contributed by atoms with Crippen LogP contribution in [0.3, 0.4) is 0 Å². The van der Waals surface area contributed by atoms with E-state index in [1.165, 1.54) is 34.2 Å². The number of fused-ring (bicyclic) bond motifs is 1. The van der Waals surface area contributed by atoms with Crippen molar-refractivity contribution >= 4 is 10.9 Å². The molecule has 0 fully saturated rings. The lowest BCUT2D eigenvalue weighted by atomic mass is 10.0. The normalized spacial score (nSPS) is 11.1. The Labute approximate surface area is 112 Å². The fourth-order valence-corrected chi connectivity index (χ4v) is 2.34. The lowest BCUT2D eigenvalue weighted by Crippen LogP contribution is -1.88. The predicted octanol–water partition coefficient (Wildman–Crippen LogP) is 4.41. The molecule has 0 aliphatic heterocycles. The van der Waals surface area contributed by atoms with Gasteiger partial charge in [-0.2, -0.15) is 0 Å². The van der Waals surface area contributed by atoms with E-state index in [4.69, 9.17) is 0 Å². The quantitative estimate of drug-likeness (QED) is 0.710. The van der Waals surface area contributed by atoms with Gasteiger partial charge in [0.2, 0.25) is 0 Å². The number of aryl methyl sites for hydroxylation is 1. The smallest absolute Gasteiger partial charge is 0.123 e. The fraction of sp³-hybridized carbons (Fsp3) is 0.118. The monoisotopic (exact) mass is 252 g/mol. The summed E-state index contributed by atoms with van der Waals surface area (Å²) in [4.78, 5) is 3.31. The molecule has 0 atom stereocenters. The third-order valence-corrected chi connectivity index (χ3v) is 3.43. The third-order valence-electron chi connectivity index (χ3n) is 3.43. The van der Waals surface area contributed by atoms with Crippen LogP contribution in [-0.4, -0.2) is 4.98 Å². The van der Waals surface area contributed by atoms with Crippen LogP contribution in [0.5, 0.6) is 0 Å². The van der Waals surface area contributed by atoms with Crippen LogP contribution in [-0.2, 0) is 6.42 Å². The molecule has 2 heteroatoms. The van der Waals surface area contributed by atoms with Crippen molar-refractivity contribution in [2.24, 2.45) is 0 Å². The predicted molar refractivity (Wildman–Crippen MR) is 76.5 cm³/mol. The highest BCUT2D eigenvalue weighted by molar-refractivity contribution is 5.86. The van der Waals surface area contributed by atoms with Gasteiger partial charge in [0.25, 0.3) is 0 Å². The van der Waals surface area contributed by atoms with Crippen LogP contribution in [0, 0.1) is 19.2 Å². The van der Waals surface area contributed by atoms with Crippen molar-refractivity contribution < 1.29 is 4.39 Å². The minimum atomic E-state index is -0.188. The van der Waals surface area contributed by atoms with Crippen LogP contribution < -0.4 is 0 Å². The van der Waals surface area contributed by atoms with Crippen LogP contribution in [0.2, 0.25) is 0 Å². The van der Waals surface area contributed by atoms with Crippen LogP contribution >= 0.6 is 0 Å². The highest BCUT2D eigenvalue weighted by atomic mass is 19.1. The van der Waals surface area contributed by atoms with Gasteiger partial charge in [0.15, 0.2) is 0 Å². The Morgan fingerprint density at radius 2 is 1.89 bits per heavy atom. The average Bonchev–Trinajstić information content (AvgIpc) is 2.83. The van der Waals surface area contributed by atoms with E-state index in [2.05, 4.69) is 36.5 Å². The van der Waals surface area contributed by atoms with Gasteiger partial charge in [0, 0.05) is 17.1 Å². The molecule has 1 radical (unpaired) electrons. The summed E-state index contributed by atoms with van der Waals surface area (Å²) in [6.45, 7) is 2.10. The van der Waals surface area contributed by atoms with Crippen LogP contribution in [0.25, 0.3) is 10.9 Å². The highest BCUT2D eigenvalue weighted by Gasteiger charge is 2.05. The van der Waals surface area contributed by atoms with Crippen molar-refractivity contribution in [2.75, 3.05) is 0 Å². The molecule has 0 saturated carbocycles. The van der Waals surface area contributed by atoms with E-state index >= 15 is 0 Å². The van der Waals surface area contributed by atoms with E-state index in [1.54, 1.807) is 0 Å². The Kier molecular flexibility index (Phi) is 3.08. The Hall–Kier alpha value is -2.09. The number of rotatable bonds is 3. The van der Waals surface area contributed by atoms with Crippen molar-refractivity contribution in [3.8, 4) is 0 Å². The zero-order chi connectivity index (χ0) is 13.2. The van der Waals surface area contributed by atoms with Gasteiger partial charge in [-0.15, -0.1) is 0 Å². The standard InChI is InChI=1S/C17H15FN/c1-12-3-2-4-16-14(11-19-17(12)16)8-5-13-6-9-15(18)10-7-13/h2-4,6-11,19H,5H2,1H3. The molecule has 2 aromatic carbocycles. The van der Waals surface area contributed by atoms with E-state index < -0.39 is 0 Å². The molecule has 0 aliphatic carbocycles. The SMILES string of the molecule is Cc1cccc2c([CH]Cc3ccc(F)cc3)c[nH]c12. The zero-order valence-electron chi connectivity index (χ0n) is 10.8. The largest absolute Gasteiger partial charge is 0.361 e. The van der Waals surface area contributed by atoms with E-state index in [1.807, 2.05) is 18.3 Å². The average molecular weight is 252 g/mol. The van der Waals surface area contributed by atoms with Crippen molar-refractivity contribution in [3.63, 3.8) is 0 Å². The molecule has 95 valence electrons. The number of halogens is 1. The summed E-state index contributed by atoms with van der Waals surface area (Å²) < 4.78 is 12.8. The summed E-state index contributed by atoms with van der Waals surface area (Å²) in [7, 11) is 0. The number of aromatic nitrogens is 1. The maximum atomic E-state index is 12.8. The summed E-state index contributed by atoms with van der Waals surface area (Å²) in [5.74, 6) is -0.188. The Morgan fingerprint density at radius 1 is 1.11 bits per heavy atom. The summed E-state index contributed by atoms with van der Waals surface area (Å²) >= 11 is 0. The van der Waals surface area contributed by atoms with Gasteiger partial charge >= 0.3 is 0 Å². The van der Waals surface area contributed by atoms with Crippen molar-refractivity contribution in [1.29, 1.82) is 0 Å². The number of aromatic amines is 1. The van der Waals surface area contributed by atoms with Crippen molar-refractivity contribution in [2.45, 2.75) is 13.3 Å². The second-order valence-corrected chi connectivity index (χ2v) is 4.78. The molecule has 0 saturated heterocycles. The molecule has 3 aromatic rings. The number of para-hydroxylation sites is 1. The minimum Gasteiger partial charge on any atom is -0.361 e. The second kappa shape index (κ2) is 4.88. The molecule has 1 nitrogen and oxygen atoms in total. The topological polar surface area (TPSA) is 15.8 Å². The zero-order valence-corrected chi connectivity index (χ0v) is 10.8. The number of benzene rings is 2. The maximum Gasteiger partial charge on any atom is 0.123 e. The highest BCUT2D eigenvalue weighted by Crippen LogP contribution is 2.23. The minimum absolute atomic E-state index is 0.188. The lowest BCUT2D eigenvalue weighted by molar-refractivity contribution is 0.627. The first kappa shape index (κ1) is 12.0. The van der Waals surface area contributed by atoms with E-state index in [-0.39, 0.29) is 5.82 Å². The molecule has 0 spiro atoms. The Morgan fingerprint density at radius 3 is 2.68 bits per heavy atom. The first-order valence-corrected chi connectivity index (χ1v) is 6.38. The van der Waals surface area contributed by atoms with Crippen LogP contribution in [0.15, 0.2) is 48.7 Å². The number of H-pyrrole nitrogens is 1. The van der Waals surface area contributed by atoms with E-state index in [0.29, 0.717) is 0 Å². The maximum absolute atomic E-state index is 12.8. The van der Waals surface area contributed by atoms with Gasteiger partial charge in [-0.25, -0.2) is 4.39 Å². The van der Waals surface area contributed by atoms with Gasteiger partial charge in [-0.05, 0) is 48.6 Å². The first-order valence-electron chi connectivity index (χ1n) is 6.38. The molecule has 3 rings (SSSR count). The molecule has 0 bridgehead atoms.